The SMILES string of the molecule is Cc1cc(CCNC(=O)c2cc(-c3ccc(F)cc3)n(C)n2)no1. The molecule has 0 bridgehead atoms. The van der Waals surface area contributed by atoms with Crippen LogP contribution in [0.1, 0.15) is 21.9 Å². The molecule has 2 heterocycles. The Balaban J connectivity index is 1.65. The van der Waals surface area contributed by atoms with Crippen molar-refractivity contribution >= 4 is 5.91 Å². The van der Waals surface area contributed by atoms with Crippen LogP contribution in [0.25, 0.3) is 11.3 Å². The van der Waals surface area contributed by atoms with Gasteiger partial charge in [0.2, 0.25) is 0 Å². The van der Waals surface area contributed by atoms with Crippen LogP contribution in [0.3, 0.4) is 0 Å². The predicted molar refractivity (Wildman–Crippen MR) is 85.9 cm³/mol. The van der Waals surface area contributed by atoms with Crippen molar-refractivity contribution in [2.24, 2.45) is 7.05 Å². The minimum atomic E-state index is -0.304. The minimum absolute atomic E-state index is 0.265. The molecule has 2 aromatic heterocycles. The van der Waals surface area contributed by atoms with Gasteiger partial charge in [-0.05, 0) is 42.8 Å². The third kappa shape index (κ3) is 3.51. The fraction of sp³-hybridized carbons (Fsp3) is 0.235. The van der Waals surface area contributed by atoms with Gasteiger partial charge in [-0.25, -0.2) is 4.39 Å². The van der Waals surface area contributed by atoms with E-state index < -0.39 is 0 Å². The number of carbonyl (C=O) groups excluding carboxylic acids is 1. The van der Waals surface area contributed by atoms with Crippen molar-refractivity contribution in [1.29, 1.82) is 0 Å². The summed E-state index contributed by atoms with van der Waals surface area (Å²) in [6.45, 7) is 2.26. The lowest BCUT2D eigenvalue weighted by Gasteiger charge is -2.00. The number of benzene rings is 1. The van der Waals surface area contributed by atoms with Crippen molar-refractivity contribution in [2.45, 2.75) is 13.3 Å². The van der Waals surface area contributed by atoms with E-state index in [1.807, 2.05) is 13.0 Å². The number of aryl methyl sites for hydroxylation is 2. The second-order valence-corrected chi connectivity index (χ2v) is 5.48. The highest BCUT2D eigenvalue weighted by molar-refractivity contribution is 5.93. The van der Waals surface area contributed by atoms with E-state index in [1.165, 1.54) is 12.1 Å². The van der Waals surface area contributed by atoms with E-state index in [4.69, 9.17) is 4.52 Å². The van der Waals surface area contributed by atoms with Gasteiger partial charge in [-0.1, -0.05) is 5.16 Å². The third-order valence-corrected chi connectivity index (χ3v) is 3.60. The van der Waals surface area contributed by atoms with Gasteiger partial charge in [-0.15, -0.1) is 0 Å². The van der Waals surface area contributed by atoms with Crippen molar-refractivity contribution in [3.05, 3.63) is 59.4 Å². The molecule has 1 N–H and O–H groups in total. The molecular formula is C17H17FN4O2. The average Bonchev–Trinajstić information content (AvgIpc) is 3.14. The van der Waals surface area contributed by atoms with E-state index >= 15 is 0 Å². The van der Waals surface area contributed by atoms with E-state index in [0.29, 0.717) is 18.7 Å². The molecule has 0 aliphatic carbocycles. The molecule has 3 rings (SSSR count). The summed E-state index contributed by atoms with van der Waals surface area (Å²) in [6, 6.07) is 9.58. The van der Waals surface area contributed by atoms with Crippen molar-refractivity contribution in [3.8, 4) is 11.3 Å². The molecule has 0 saturated heterocycles. The highest BCUT2D eigenvalue weighted by Crippen LogP contribution is 2.20. The van der Waals surface area contributed by atoms with Crippen LogP contribution in [0, 0.1) is 12.7 Å². The smallest absolute Gasteiger partial charge is 0.271 e. The van der Waals surface area contributed by atoms with Crippen molar-refractivity contribution in [2.75, 3.05) is 6.54 Å². The van der Waals surface area contributed by atoms with Gasteiger partial charge < -0.3 is 9.84 Å². The second kappa shape index (κ2) is 6.66. The average molecular weight is 328 g/mol. The molecule has 0 radical (unpaired) electrons. The van der Waals surface area contributed by atoms with Crippen LogP contribution in [-0.2, 0) is 13.5 Å². The molecule has 0 fully saturated rings. The molecule has 1 amide bonds. The predicted octanol–water partition coefficient (Wildman–Crippen LogP) is 2.50. The molecule has 124 valence electrons. The monoisotopic (exact) mass is 328 g/mol. The molecule has 1 aromatic carbocycles. The summed E-state index contributed by atoms with van der Waals surface area (Å²) in [7, 11) is 1.74. The van der Waals surface area contributed by atoms with Gasteiger partial charge in [0.1, 0.15) is 11.6 Å². The normalized spacial score (nSPS) is 10.8. The lowest BCUT2D eigenvalue weighted by Crippen LogP contribution is -2.26. The molecular weight excluding hydrogens is 311 g/mol. The molecule has 0 spiro atoms. The lowest BCUT2D eigenvalue weighted by atomic mass is 10.1. The fourth-order valence-corrected chi connectivity index (χ4v) is 2.40. The summed E-state index contributed by atoms with van der Waals surface area (Å²) >= 11 is 0. The zero-order chi connectivity index (χ0) is 17.1. The highest BCUT2D eigenvalue weighted by atomic mass is 19.1. The molecule has 0 saturated carbocycles. The Kier molecular flexibility index (Phi) is 4.41. The maximum absolute atomic E-state index is 13.0. The Bertz CT molecular complexity index is 852. The van der Waals surface area contributed by atoms with Crippen molar-refractivity contribution < 1.29 is 13.7 Å². The molecule has 6 nitrogen and oxygen atoms in total. The van der Waals surface area contributed by atoms with Gasteiger partial charge in [-0.3, -0.25) is 9.48 Å². The Labute approximate surface area is 138 Å². The zero-order valence-corrected chi connectivity index (χ0v) is 13.4. The fourth-order valence-electron chi connectivity index (χ4n) is 2.40. The van der Waals surface area contributed by atoms with Crippen molar-refractivity contribution in [1.82, 2.24) is 20.3 Å². The first-order valence-corrected chi connectivity index (χ1v) is 7.53. The van der Waals surface area contributed by atoms with E-state index in [1.54, 1.807) is 29.9 Å². The van der Waals surface area contributed by atoms with Gasteiger partial charge in [-0.2, -0.15) is 5.10 Å². The quantitative estimate of drug-likeness (QED) is 0.781. The Morgan fingerprint density at radius 1 is 1.29 bits per heavy atom. The number of hydrogen-bond acceptors (Lipinski definition) is 4. The first-order chi connectivity index (χ1) is 11.5. The number of nitrogens with zero attached hydrogens (tertiary/aromatic N) is 3. The summed E-state index contributed by atoms with van der Waals surface area (Å²) in [5.41, 5.74) is 2.64. The highest BCUT2D eigenvalue weighted by Gasteiger charge is 2.14. The van der Waals surface area contributed by atoms with Gasteiger partial charge >= 0.3 is 0 Å². The van der Waals surface area contributed by atoms with Gasteiger partial charge in [0.25, 0.3) is 5.91 Å². The first kappa shape index (κ1) is 15.9. The topological polar surface area (TPSA) is 73.0 Å². The number of aromatic nitrogens is 3. The summed E-state index contributed by atoms with van der Waals surface area (Å²) in [5.74, 6) is 0.172. The van der Waals surface area contributed by atoms with Crippen LogP contribution in [0.2, 0.25) is 0 Å². The van der Waals surface area contributed by atoms with Crippen LogP contribution in [0.15, 0.2) is 40.9 Å². The second-order valence-electron chi connectivity index (χ2n) is 5.48. The number of carbonyl (C=O) groups is 1. The van der Waals surface area contributed by atoms with Crippen LogP contribution < -0.4 is 5.32 Å². The molecule has 3 aromatic rings. The Morgan fingerprint density at radius 2 is 2.04 bits per heavy atom. The summed E-state index contributed by atoms with van der Waals surface area (Å²) in [4.78, 5) is 12.2. The van der Waals surface area contributed by atoms with E-state index in [2.05, 4.69) is 15.6 Å². The van der Waals surface area contributed by atoms with E-state index in [9.17, 15) is 9.18 Å². The molecule has 0 aliphatic heterocycles. The van der Waals surface area contributed by atoms with Gasteiger partial charge in [0.05, 0.1) is 11.4 Å². The standard InChI is InChI=1S/C17H17FN4O2/c1-11-9-14(21-24-11)7-8-19-17(23)15-10-16(22(2)20-15)12-3-5-13(18)6-4-12/h3-6,9-10H,7-8H2,1-2H3,(H,19,23). The van der Waals surface area contributed by atoms with Crippen LogP contribution in [0.4, 0.5) is 4.39 Å². The maximum atomic E-state index is 13.0. The van der Waals surface area contributed by atoms with Crippen molar-refractivity contribution in [3.63, 3.8) is 0 Å². The van der Waals surface area contributed by atoms with Crippen LogP contribution in [0.5, 0.6) is 0 Å². The Morgan fingerprint density at radius 3 is 2.71 bits per heavy atom. The zero-order valence-electron chi connectivity index (χ0n) is 13.4. The van der Waals surface area contributed by atoms with E-state index in [0.717, 1.165) is 22.7 Å². The number of hydrogen-bond donors (Lipinski definition) is 1. The summed E-state index contributed by atoms with van der Waals surface area (Å²) in [6.07, 6.45) is 0.584. The number of amides is 1. The first-order valence-electron chi connectivity index (χ1n) is 7.53. The molecule has 0 aliphatic rings. The number of halogens is 1. The minimum Gasteiger partial charge on any atom is -0.361 e. The summed E-state index contributed by atoms with van der Waals surface area (Å²) < 4.78 is 19.6. The Hall–Kier alpha value is -2.96. The van der Waals surface area contributed by atoms with Crippen LogP contribution in [-0.4, -0.2) is 27.4 Å². The van der Waals surface area contributed by atoms with Crippen LogP contribution >= 0.6 is 0 Å². The number of rotatable bonds is 5. The largest absolute Gasteiger partial charge is 0.361 e. The third-order valence-electron chi connectivity index (χ3n) is 3.60. The molecule has 0 atom stereocenters. The maximum Gasteiger partial charge on any atom is 0.271 e. The molecule has 7 heteroatoms. The molecule has 24 heavy (non-hydrogen) atoms. The van der Waals surface area contributed by atoms with Gasteiger partial charge in [0, 0.05) is 26.1 Å². The van der Waals surface area contributed by atoms with E-state index in [-0.39, 0.29) is 11.7 Å². The summed E-state index contributed by atoms with van der Waals surface area (Å²) in [5, 5.41) is 10.9. The number of nitrogens with one attached hydrogen (secondary N) is 1. The lowest BCUT2D eigenvalue weighted by molar-refractivity contribution is 0.0948. The molecule has 0 unspecified atom stereocenters. The van der Waals surface area contributed by atoms with Gasteiger partial charge in [0.15, 0.2) is 5.69 Å².